The third-order valence-corrected chi connectivity index (χ3v) is 1.08. The summed E-state index contributed by atoms with van der Waals surface area (Å²) in [6.07, 6.45) is -0.613. The zero-order valence-corrected chi connectivity index (χ0v) is 5.84. The van der Waals surface area contributed by atoms with Gasteiger partial charge in [-0.05, 0) is 0 Å². The number of hydrogen-bond donors (Lipinski definition) is 2. The number of ether oxygens (including phenoxy) is 1. The molecular weight excluding hydrogens is 144 g/mol. The number of halogens is 1. The standard InChI is InChI=1S/C5H11ClO3/c6-3-5(8)4-9-2-1-7/h5,7-8H,1-4H2/t5-/m0/s1. The van der Waals surface area contributed by atoms with Crippen molar-refractivity contribution in [3.8, 4) is 0 Å². The van der Waals surface area contributed by atoms with E-state index in [9.17, 15) is 0 Å². The Hall–Kier alpha value is 0.170. The summed E-state index contributed by atoms with van der Waals surface area (Å²) in [4.78, 5) is 0. The van der Waals surface area contributed by atoms with Gasteiger partial charge >= 0.3 is 0 Å². The Morgan fingerprint density at radius 2 is 2.22 bits per heavy atom. The van der Waals surface area contributed by atoms with Crippen LogP contribution in [0.1, 0.15) is 0 Å². The molecule has 0 aromatic heterocycles. The third-order valence-electron chi connectivity index (χ3n) is 0.724. The normalized spacial score (nSPS) is 13.7. The highest BCUT2D eigenvalue weighted by Crippen LogP contribution is 1.87. The first-order chi connectivity index (χ1) is 4.31. The van der Waals surface area contributed by atoms with Crippen LogP contribution in [0.2, 0.25) is 0 Å². The lowest BCUT2D eigenvalue weighted by molar-refractivity contribution is 0.0306. The van der Waals surface area contributed by atoms with Crippen molar-refractivity contribution in [1.82, 2.24) is 0 Å². The van der Waals surface area contributed by atoms with Crippen LogP contribution in [0, 0.1) is 0 Å². The number of hydrogen-bond acceptors (Lipinski definition) is 3. The maximum atomic E-state index is 8.75. The Labute approximate surface area is 59.2 Å². The lowest BCUT2D eigenvalue weighted by atomic mass is 10.4. The minimum atomic E-state index is -0.613. The second kappa shape index (κ2) is 6.29. The Morgan fingerprint density at radius 1 is 1.56 bits per heavy atom. The minimum absolute atomic E-state index is 0.0188. The van der Waals surface area contributed by atoms with Gasteiger partial charge in [0.2, 0.25) is 0 Å². The molecule has 0 aliphatic carbocycles. The van der Waals surface area contributed by atoms with E-state index in [1.807, 2.05) is 0 Å². The molecule has 0 aromatic rings. The molecular formula is C5H11ClO3. The topological polar surface area (TPSA) is 49.7 Å². The average molecular weight is 155 g/mol. The van der Waals surface area contributed by atoms with Crippen molar-refractivity contribution >= 4 is 11.6 Å². The minimum Gasteiger partial charge on any atom is -0.394 e. The third kappa shape index (κ3) is 6.05. The molecule has 0 radical (unpaired) electrons. The summed E-state index contributed by atoms with van der Waals surface area (Å²) < 4.78 is 4.75. The van der Waals surface area contributed by atoms with Gasteiger partial charge in [-0.25, -0.2) is 0 Å². The molecule has 56 valence electrons. The molecule has 4 heteroatoms. The van der Waals surface area contributed by atoms with Crippen LogP contribution in [0.3, 0.4) is 0 Å². The molecule has 0 saturated heterocycles. The zero-order valence-electron chi connectivity index (χ0n) is 5.09. The molecule has 0 rings (SSSR count). The van der Waals surface area contributed by atoms with Gasteiger partial charge in [-0.1, -0.05) is 0 Å². The molecule has 0 fully saturated rings. The highest BCUT2D eigenvalue weighted by Gasteiger charge is 1.99. The molecule has 9 heavy (non-hydrogen) atoms. The van der Waals surface area contributed by atoms with E-state index in [1.54, 1.807) is 0 Å². The van der Waals surface area contributed by atoms with Gasteiger partial charge in [0, 0.05) is 0 Å². The number of rotatable bonds is 5. The first-order valence-corrected chi connectivity index (χ1v) is 3.27. The Kier molecular flexibility index (Phi) is 6.41. The van der Waals surface area contributed by atoms with Crippen LogP contribution < -0.4 is 0 Å². The summed E-state index contributed by atoms with van der Waals surface area (Å²) in [7, 11) is 0. The molecule has 0 unspecified atom stereocenters. The predicted octanol–water partition coefficient (Wildman–Crippen LogP) is -0.405. The summed E-state index contributed by atoms with van der Waals surface area (Å²) in [5.41, 5.74) is 0. The van der Waals surface area contributed by atoms with Crippen molar-refractivity contribution in [2.75, 3.05) is 25.7 Å². The zero-order chi connectivity index (χ0) is 7.11. The second-order valence-corrected chi connectivity index (χ2v) is 1.92. The summed E-state index contributed by atoms with van der Waals surface area (Å²) in [6, 6.07) is 0. The van der Waals surface area contributed by atoms with Gasteiger partial charge in [-0.15, -0.1) is 11.6 Å². The quantitative estimate of drug-likeness (QED) is 0.418. The van der Waals surface area contributed by atoms with E-state index in [0.717, 1.165) is 0 Å². The van der Waals surface area contributed by atoms with E-state index in [4.69, 9.17) is 26.6 Å². The van der Waals surface area contributed by atoms with Crippen molar-refractivity contribution < 1.29 is 14.9 Å². The number of aliphatic hydroxyl groups excluding tert-OH is 2. The summed E-state index contributed by atoms with van der Waals surface area (Å²) >= 11 is 5.24. The Balaban J connectivity index is 2.88. The van der Waals surface area contributed by atoms with Crippen molar-refractivity contribution in [2.45, 2.75) is 6.10 Å². The summed E-state index contributed by atoms with van der Waals surface area (Å²) in [5, 5.41) is 17.0. The van der Waals surface area contributed by atoms with Crippen molar-refractivity contribution in [1.29, 1.82) is 0 Å². The smallest absolute Gasteiger partial charge is 0.0908 e. The fraction of sp³-hybridized carbons (Fsp3) is 1.00. The maximum Gasteiger partial charge on any atom is 0.0908 e. The average Bonchev–Trinajstić information content (AvgIpc) is 1.89. The molecule has 1 atom stereocenters. The molecule has 0 bridgehead atoms. The molecule has 3 nitrogen and oxygen atoms in total. The van der Waals surface area contributed by atoms with Crippen LogP contribution in [-0.2, 0) is 4.74 Å². The molecule has 0 spiro atoms. The van der Waals surface area contributed by atoms with Crippen molar-refractivity contribution in [3.05, 3.63) is 0 Å². The van der Waals surface area contributed by atoms with Crippen LogP contribution in [0.4, 0.5) is 0 Å². The van der Waals surface area contributed by atoms with Gasteiger partial charge in [-0.3, -0.25) is 0 Å². The summed E-state index contributed by atoms with van der Waals surface area (Å²) in [5.74, 6) is 0.172. The first-order valence-electron chi connectivity index (χ1n) is 2.74. The lowest BCUT2D eigenvalue weighted by Crippen LogP contribution is -2.17. The van der Waals surface area contributed by atoms with E-state index in [1.165, 1.54) is 0 Å². The van der Waals surface area contributed by atoms with E-state index in [-0.39, 0.29) is 25.7 Å². The lowest BCUT2D eigenvalue weighted by Gasteiger charge is -2.05. The van der Waals surface area contributed by atoms with Crippen LogP contribution in [0.15, 0.2) is 0 Å². The van der Waals surface area contributed by atoms with E-state index in [2.05, 4.69) is 0 Å². The highest BCUT2D eigenvalue weighted by atomic mass is 35.5. The molecule has 0 aliphatic heterocycles. The van der Waals surface area contributed by atoms with E-state index >= 15 is 0 Å². The monoisotopic (exact) mass is 154 g/mol. The van der Waals surface area contributed by atoms with Gasteiger partial charge in [0.05, 0.1) is 31.8 Å². The molecule has 0 saturated carbocycles. The second-order valence-electron chi connectivity index (χ2n) is 1.61. The Bertz CT molecular complexity index is 60.2. The van der Waals surface area contributed by atoms with Gasteiger partial charge in [-0.2, -0.15) is 0 Å². The van der Waals surface area contributed by atoms with Crippen LogP contribution in [-0.4, -0.2) is 42.0 Å². The largest absolute Gasteiger partial charge is 0.394 e. The Morgan fingerprint density at radius 3 is 2.67 bits per heavy atom. The van der Waals surface area contributed by atoms with Crippen molar-refractivity contribution in [3.63, 3.8) is 0 Å². The van der Waals surface area contributed by atoms with Gasteiger partial charge in [0.25, 0.3) is 0 Å². The molecule has 2 N–H and O–H groups in total. The number of aliphatic hydroxyl groups is 2. The number of alkyl halides is 1. The van der Waals surface area contributed by atoms with Crippen LogP contribution >= 0.6 is 11.6 Å². The molecule has 0 aromatic carbocycles. The van der Waals surface area contributed by atoms with Gasteiger partial charge in [0.15, 0.2) is 0 Å². The van der Waals surface area contributed by atoms with Gasteiger partial charge in [0.1, 0.15) is 0 Å². The molecule has 0 aliphatic rings. The molecule has 0 heterocycles. The fourth-order valence-electron chi connectivity index (χ4n) is 0.328. The van der Waals surface area contributed by atoms with Crippen molar-refractivity contribution in [2.24, 2.45) is 0 Å². The molecule has 0 amide bonds. The van der Waals surface area contributed by atoms with E-state index in [0.29, 0.717) is 0 Å². The fourth-order valence-corrected chi connectivity index (χ4v) is 0.418. The van der Waals surface area contributed by atoms with E-state index < -0.39 is 6.10 Å². The van der Waals surface area contributed by atoms with Gasteiger partial charge < -0.3 is 14.9 Å². The summed E-state index contributed by atoms with van der Waals surface area (Å²) in [6.45, 7) is 0.438. The first kappa shape index (κ1) is 9.17. The van der Waals surface area contributed by atoms with Crippen LogP contribution in [0.25, 0.3) is 0 Å². The maximum absolute atomic E-state index is 8.75. The highest BCUT2D eigenvalue weighted by molar-refractivity contribution is 6.18. The SMILES string of the molecule is OCCOC[C@@H](O)CCl. The van der Waals surface area contributed by atoms with Crippen LogP contribution in [0.5, 0.6) is 0 Å². The predicted molar refractivity (Wildman–Crippen MR) is 34.6 cm³/mol.